The molecule has 0 amide bonds. The van der Waals surface area contributed by atoms with Gasteiger partial charge in [0, 0.05) is 36.5 Å². The van der Waals surface area contributed by atoms with E-state index in [2.05, 4.69) is 9.88 Å². The molecular formula is C26H28FN5O2. The fraction of sp³-hybridized carbons (Fsp3) is 0.308. The molecule has 1 aliphatic heterocycles. The van der Waals surface area contributed by atoms with Crippen molar-refractivity contribution in [2.24, 2.45) is 0 Å². The SMILES string of the molecule is CN(C)C[C@@H]1CC[C@@H](c2nc(-c3ccc(Oc4ccccc4)cc3F)c3c(N)nccn23)CO1. The maximum atomic E-state index is 15.3. The van der Waals surface area contributed by atoms with Crippen LogP contribution in [0.2, 0.25) is 0 Å². The smallest absolute Gasteiger partial charge is 0.150 e. The minimum Gasteiger partial charge on any atom is -0.457 e. The number of benzene rings is 2. The van der Waals surface area contributed by atoms with Gasteiger partial charge in [-0.25, -0.2) is 14.4 Å². The van der Waals surface area contributed by atoms with Gasteiger partial charge in [0.05, 0.1) is 12.7 Å². The number of imidazole rings is 1. The summed E-state index contributed by atoms with van der Waals surface area (Å²) in [6.07, 6.45) is 5.55. The largest absolute Gasteiger partial charge is 0.457 e. The van der Waals surface area contributed by atoms with Crippen molar-refractivity contribution in [2.75, 3.05) is 33.0 Å². The molecule has 2 aromatic heterocycles. The van der Waals surface area contributed by atoms with E-state index in [4.69, 9.17) is 20.2 Å². The average Bonchev–Trinajstić information content (AvgIpc) is 3.21. The van der Waals surface area contributed by atoms with Crippen LogP contribution in [0.3, 0.4) is 0 Å². The Morgan fingerprint density at radius 3 is 2.68 bits per heavy atom. The number of anilines is 1. The Bertz CT molecular complexity index is 1280. The second kappa shape index (κ2) is 9.40. The highest BCUT2D eigenvalue weighted by Crippen LogP contribution is 2.36. The predicted molar refractivity (Wildman–Crippen MR) is 130 cm³/mol. The topological polar surface area (TPSA) is 77.9 Å². The highest BCUT2D eigenvalue weighted by molar-refractivity contribution is 5.85. The van der Waals surface area contributed by atoms with Crippen LogP contribution in [0, 0.1) is 5.82 Å². The summed E-state index contributed by atoms with van der Waals surface area (Å²) in [5, 5.41) is 0. The molecule has 0 radical (unpaired) electrons. The van der Waals surface area contributed by atoms with Crippen LogP contribution < -0.4 is 10.5 Å². The molecule has 0 aliphatic carbocycles. The van der Waals surface area contributed by atoms with Crippen molar-refractivity contribution in [1.82, 2.24) is 19.3 Å². The third kappa shape index (κ3) is 4.47. The van der Waals surface area contributed by atoms with Gasteiger partial charge in [0.15, 0.2) is 0 Å². The fourth-order valence-corrected chi connectivity index (χ4v) is 4.50. The van der Waals surface area contributed by atoms with Gasteiger partial charge in [-0.05, 0) is 51.2 Å². The number of hydrogen-bond acceptors (Lipinski definition) is 6. The first-order valence-electron chi connectivity index (χ1n) is 11.4. The third-order valence-corrected chi connectivity index (χ3v) is 6.09. The van der Waals surface area contributed by atoms with Crippen molar-refractivity contribution in [2.45, 2.75) is 24.9 Å². The zero-order chi connectivity index (χ0) is 23.7. The van der Waals surface area contributed by atoms with Crippen molar-refractivity contribution in [3.63, 3.8) is 0 Å². The van der Waals surface area contributed by atoms with Crippen LogP contribution in [0.5, 0.6) is 11.5 Å². The van der Waals surface area contributed by atoms with E-state index in [9.17, 15) is 0 Å². The number of fused-ring (bicyclic) bond motifs is 1. The second-order valence-corrected chi connectivity index (χ2v) is 8.90. The molecule has 4 aromatic rings. The Balaban J connectivity index is 1.47. The molecule has 7 nitrogen and oxygen atoms in total. The van der Waals surface area contributed by atoms with Crippen molar-refractivity contribution < 1.29 is 13.9 Å². The lowest BCUT2D eigenvalue weighted by Crippen LogP contribution is -2.34. The summed E-state index contributed by atoms with van der Waals surface area (Å²) < 4.78 is 29.1. The number of nitrogens with zero attached hydrogens (tertiary/aromatic N) is 4. The van der Waals surface area contributed by atoms with Gasteiger partial charge < -0.3 is 20.1 Å². The summed E-state index contributed by atoms with van der Waals surface area (Å²) in [6.45, 7) is 1.45. The molecule has 2 N–H and O–H groups in total. The summed E-state index contributed by atoms with van der Waals surface area (Å²) in [6, 6.07) is 14.1. The van der Waals surface area contributed by atoms with E-state index in [-0.39, 0.29) is 12.0 Å². The zero-order valence-corrected chi connectivity index (χ0v) is 19.3. The van der Waals surface area contributed by atoms with Gasteiger partial charge in [0.25, 0.3) is 0 Å². The fourth-order valence-electron chi connectivity index (χ4n) is 4.50. The van der Waals surface area contributed by atoms with Gasteiger partial charge in [-0.2, -0.15) is 0 Å². The maximum Gasteiger partial charge on any atom is 0.150 e. The molecule has 0 spiro atoms. The van der Waals surface area contributed by atoms with Gasteiger partial charge in [-0.15, -0.1) is 0 Å². The summed E-state index contributed by atoms with van der Waals surface area (Å²) >= 11 is 0. The lowest BCUT2D eigenvalue weighted by molar-refractivity contribution is -0.0104. The molecule has 0 saturated carbocycles. The zero-order valence-electron chi connectivity index (χ0n) is 19.3. The predicted octanol–water partition coefficient (Wildman–Crippen LogP) is 4.73. The molecule has 176 valence electrons. The summed E-state index contributed by atoms with van der Waals surface area (Å²) in [5.41, 5.74) is 7.67. The van der Waals surface area contributed by atoms with Crippen molar-refractivity contribution >= 4 is 11.3 Å². The first kappa shape index (κ1) is 22.3. The average molecular weight is 462 g/mol. The van der Waals surface area contributed by atoms with E-state index < -0.39 is 5.82 Å². The minimum atomic E-state index is -0.436. The molecule has 1 aliphatic rings. The van der Waals surface area contributed by atoms with Gasteiger partial charge in [-0.3, -0.25) is 4.40 Å². The molecule has 1 saturated heterocycles. The number of ether oxygens (including phenoxy) is 2. The van der Waals surface area contributed by atoms with Crippen LogP contribution in [0.25, 0.3) is 16.8 Å². The lowest BCUT2D eigenvalue weighted by Gasteiger charge is -2.30. The quantitative estimate of drug-likeness (QED) is 0.447. The van der Waals surface area contributed by atoms with E-state index in [0.29, 0.717) is 40.7 Å². The number of hydrogen-bond donors (Lipinski definition) is 1. The molecule has 0 unspecified atom stereocenters. The van der Waals surface area contributed by atoms with Crippen LogP contribution in [0.4, 0.5) is 10.2 Å². The summed E-state index contributed by atoms with van der Waals surface area (Å²) in [5.74, 6) is 1.82. The molecule has 2 aromatic carbocycles. The van der Waals surface area contributed by atoms with E-state index in [1.54, 1.807) is 18.3 Å². The van der Waals surface area contributed by atoms with Crippen molar-refractivity contribution in [3.8, 4) is 22.8 Å². The molecule has 1 fully saturated rings. The summed E-state index contributed by atoms with van der Waals surface area (Å²) in [4.78, 5) is 11.2. The van der Waals surface area contributed by atoms with E-state index in [1.807, 2.05) is 55.0 Å². The minimum absolute atomic E-state index is 0.0882. The summed E-state index contributed by atoms with van der Waals surface area (Å²) in [7, 11) is 4.09. The standard InChI is InChI=1S/C26H28FN5O2/c1-31(2)15-20-9-8-17(16-33-20)26-30-23(24-25(28)29-12-13-32(24)26)21-11-10-19(14-22(21)27)34-18-6-4-3-5-7-18/h3-7,10-14,17,20H,8-9,15-16H2,1-2H3,(H2,28,29)/t17-,20+/m1/s1. The number of likely N-dealkylation sites (N-methyl/N-ethyl adjacent to an activating group) is 1. The van der Waals surface area contributed by atoms with Crippen molar-refractivity contribution in [1.29, 1.82) is 0 Å². The van der Waals surface area contributed by atoms with Crippen LogP contribution in [-0.2, 0) is 4.74 Å². The van der Waals surface area contributed by atoms with Crippen LogP contribution >= 0.6 is 0 Å². The van der Waals surface area contributed by atoms with Gasteiger partial charge in [-0.1, -0.05) is 18.2 Å². The Morgan fingerprint density at radius 2 is 1.97 bits per heavy atom. The molecular weight excluding hydrogens is 433 g/mol. The third-order valence-electron chi connectivity index (χ3n) is 6.09. The van der Waals surface area contributed by atoms with Crippen molar-refractivity contribution in [3.05, 3.63) is 72.6 Å². The lowest BCUT2D eigenvalue weighted by atomic mass is 9.97. The monoisotopic (exact) mass is 461 g/mol. The first-order chi connectivity index (χ1) is 16.5. The second-order valence-electron chi connectivity index (χ2n) is 8.90. The number of rotatable bonds is 6. The van der Waals surface area contributed by atoms with Crippen LogP contribution in [0.1, 0.15) is 24.6 Å². The first-order valence-corrected chi connectivity index (χ1v) is 11.4. The normalized spacial score (nSPS) is 18.5. The Morgan fingerprint density at radius 1 is 1.15 bits per heavy atom. The number of nitrogens with two attached hydrogens (primary N) is 1. The number of halogens is 1. The molecule has 2 atom stereocenters. The molecule has 8 heteroatoms. The number of para-hydroxylation sites is 1. The number of aromatic nitrogens is 3. The van der Waals surface area contributed by atoms with Crippen LogP contribution in [0.15, 0.2) is 60.9 Å². The van der Waals surface area contributed by atoms with E-state index >= 15 is 4.39 Å². The van der Waals surface area contributed by atoms with Gasteiger partial charge in [0.2, 0.25) is 0 Å². The van der Waals surface area contributed by atoms with Gasteiger partial charge in [0.1, 0.15) is 40.2 Å². The molecule has 0 bridgehead atoms. The molecule has 3 heterocycles. The van der Waals surface area contributed by atoms with E-state index in [1.165, 1.54) is 6.07 Å². The highest BCUT2D eigenvalue weighted by atomic mass is 19.1. The Kier molecular flexibility index (Phi) is 6.17. The van der Waals surface area contributed by atoms with Gasteiger partial charge >= 0.3 is 0 Å². The highest BCUT2D eigenvalue weighted by Gasteiger charge is 2.29. The number of nitrogen functional groups attached to an aromatic ring is 1. The Labute approximate surface area is 198 Å². The Hall–Kier alpha value is -3.49. The molecule has 34 heavy (non-hydrogen) atoms. The van der Waals surface area contributed by atoms with Crippen LogP contribution in [-0.4, -0.2) is 52.6 Å². The van der Waals surface area contributed by atoms with E-state index in [0.717, 1.165) is 25.2 Å². The molecule has 5 rings (SSSR count). The maximum absolute atomic E-state index is 15.3.